The van der Waals surface area contributed by atoms with Gasteiger partial charge in [0, 0.05) is 0 Å². The number of hydroxylamine groups is 3. The first-order valence-electron chi connectivity index (χ1n) is 4.10. The van der Waals surface area contributed by atoms with Gasteiger partial charge in [0.1, 0.15) is 19.6 Å². The van der Waals surface area contributed by atoms with Gasteiger partial charge in [0.15, 0.2) is 0 Å². The minimum atomic E-state index is -2.50. The van der Waals surface area contributed by atoms with Crippen molar-refractivity contribution in [2.24, 2.45) is 0 Å². The Balaban J connectivity index is 4.45. The average molecular weight is 230 g/mol. The first-order valence-corrected chi connectivity index (χ1v) is 5.13. The number of hydrogen-bond acceptors (Lipinski definition) is 5. The minimum Gasteiger partial charge on any atom is -0.390 e. The Hall–Kier alpha value is -0.0900. The maximum Gasteiger partial charge on any atom is 0.354 e. The van der Waals surface area contributed by atoms with Crippen LogP contribution in [-0.4, -0.2) is 68.2 Å². The van der Waals surface area contributed by atoms with Gasteiger partial charge in [0.25, 0.3) is 0 Å². The summed E-state index contributed by atoms with van der Waals surface area (Å²) >= 11 is -2.50. The van der Waals surface area contributed by atoms with Gasteiger partial charge in [-0.15, -0.1) is 0 Å². The zero-order valence-corrected chi connectivity index (χ0v) is 8.52. The third kappa shape index (κ3) is 4.96. The summed E-state index contributed by atoms with van der Waals surface area (Å²) in [5.74, 6) is 0. The van der Waals surface area contributed by atoms with Gasteiger partial charge in [0.2, 0.25) is 0 Å². The maximum absolute atomic E-state index is 10.5. The quantitative estimate of drug-likeness (QED) is 0.215. The van der Waals surface area contributed by atoms with E-state index in [0.717, 1.165) is 0 Å². The monoisotopic (exact) mass is 230 g/mol. The van der Waals surface area contributed by atoms with Gasteiger partial charge in [-0.05, 0) is 0 Å². The van der Waals surface area contributed by atoms with E-state index in [0.29, 0.717) is 0 Å². The molecule has 7 nitrogen and oxygen atoms in total. The molecule has 0 bridgehead atoms. The second kappa shape index (κ2) is 7.23. The fourth-order valence-corrected chi connectivity index (χ4v) is 1.62. The molecule has 1 unspecified atom stereocenters. The van der Waals surface area contributed by atoms with Gasteiger partial charge in [0.05, 0.1) is 19.8 Å². The fourth-order valence-electron chi connectivity index (χ4n) is 1.13. The first-order chi connectivity index (χ1) is 6.60. The lowest BCUT2D eigenvalue weighted by Crippen LogP contribution is -2.53. The number of nitrogens with zero attached hydrogens (tertiary/aromatic N) is 1. The topological polar surface area (TPSA) is 107 Å². The standard InChI is InChI=1S/C6H15NO6S/c8-4-1-7(2-5-9,3-6-10)13-14(11)12/h8-10H,1-6H2/p+1. The molecule has 8 heteroatoms. The largest absolute Gasteiger partial charge is 0.390 e. The Morgan fingerprint density at radius 1 is 1.00 bits per heavy atom. The molecule has 0 rings (SSSR count). The Morgan fingerprint density at radius 2 is 1.36 bits per heavy atom. The van der Waals surface area contributed by atoms with Crippen molar-refractivity contribution in [1.82, 2.24) is 0 Å². The van der Waals surface area contributed by atoms with Crippen molar-refractivity contribution in [2.45, 2.75) is 0 Å². The van der Waals surface area contributed by atoms with Crippen molar-refractivity contribution >= 4 is 11.4 Å². The predicted molar refractivity (Wildman–Crippen MR) is 48.0 cm³/mol. The molecule has 86 valence electrons. The van der Waals surface area contributed by atoms with Crippen LogP contribution < -0.4 is 0 Å². The van der Waals surface area contributed by atoms with E-state index in [1.807, 2.05) is 0 Å². The number of hydrogen-bond donors (Lipinski definition) is 4. The van der Waals surface area contributed by atoms with Crippen LogP contribution in [0.5, 0.6) is 0 Å². The van der Waals surface area contributed by atoms with E-state index in [1.165, 1.54) is 0 Å². The third-order valence-corrected chi connectivity index (χ3v) is 2.19. The minimum absolute atomic E-state index is 0.0351. The van der Waals surface area contributed by atoms with Crippen LogP contribution in [0.15, 0.2) is 0 Å². The number of aliphatic hydroxyl groups is 3. The molecule has 0 saturated heterocycles. The molecule has 0 aromatic heterocycles. The van der Waals surface area contributed by atoms with Crippen molar-refractivity contribution < 1.29 is 33.0 Å². The molecule has 14 heavy (non-hydrogen) atoms. The first kappa shape index (κ1) is 13.9. The third-order valence-electron chi connectivity index (χ3n) is 1.74. The summed E-state index contributed by atoms with van der Waals surface area (Å²) in [5.41, 5.74) is 0. The summed E-state index contributed by atoms with van der Waals surface area (Å²) in [7, 11) is 0. The molecule has 0 aliphatic carbocycles. The number of aliphatic hydroxyl groups excluding tert-OH is 3. The van der Waals surface area contributed by atoms with Crippen LogP contribution in [0.4, 0.5) is 0 Å². The Labute approximate surface area is 84.6 Å². The van der Waals surface area contributed by atoms with Gasteiger partial charge >= 0.3 is 11.4 Å². The molecule has 0 radical (unpaired) electrons. The molecule has 1 atom stereocenters. The molecule has 0 spiro atoms. The highest BCUT2D eigenvalue weighted by Crippen LogP contribution is 2.08. The van der Waals surface area contributed by atoms with Gasteiger partial charge in [-0.3, -0.25) is 4.55 Å². The number of quaternary nitrogens is 1. The van der Waals surface area contributed by atoms with Crippen LogP contribution in [-0.2, 0) is 15.6 Å². The van der Waals surface area contributed by atoms with Gasteiger partial charge in [-0.2, -0.15) is 8.86 Å². The molecule has 0 amide bonds. The molecule has 0 aromatic rings. The summed E-state index contributed by atoms with van der Waals surface area (Å²) in [6.07, 6.45) is 0. The van der Waals surface area contributed by atoms with E-state index in [2.05, 4.69) is 4.28 Å². The highest BCUT2D eigenvalue weighted by atomic mass is 32.2. The van der Waals surface area contributed by atoms with E-state index in [9.17, 15) is 4.21 Å². The molecule has 0 aromatic carbocycles. The summed E-state index contributed by atoms with van der Waals surface area (Å²) in [4.78, 5) is 0. The second-order valence-electron chi connectivity index (χ2n) is 2.69. The predicted octanol–water partition coefficient (Wildman–Crippen LogP) is -2.15. The lowest BCUT2D eigenvalue weighted by Gasteiger charge is -2.31. The molecule has 0 aliphatic heterocycles. The van der Waals surface area contributed by atoms with Crippen molar-refractivity contribution in [3.63, 3.8) is 0 Å². The maximum atomic E-state index is 10.5. The van der Waals surface area contributed by atoms with Crippen molar-refractivity contribution in [3.05, 3.63) is 0 Å². The van der Waals surface area contributed by atoms with E-state index < -0.39 is 16.0 Å². The average Bonchev–Trinajstić information content (AvgIpc) is 2.03. The van der Waals surface area contributed by atoms with Crippen molar-refractivity contribution in [1.29, 1.82) is 0 Å². The van der Waals surface area contributed by atoms with E-state index >= 15 is 0 Å². The molecule has 0 aliphatic rings. The molecule has 0 heterocycles. The normalized spacial score (nSPS) is 14.3. The Kier molecular flexibility index (Phi) is 7.19. The Morgan fingerprint density at radius 3 is 1.57 bits per heavy atom. The second-order valence-corrected chi connectivity index (χ2v) is 3.27. The highest BCUT2D eigenvalue weighted by Gasteiger charge is 2.31. The highest BCUT2D eigenvalue weighted by molar-refractivity contribution is 7.74. The lowest BCUT2D eigenvalue weighted by atomic mass is 10.4. The van der Waals surface area contributed by atoms with Gasteiger partial charge in [-0.1, -0.05) is 4.28 Å². The van der Waals surface area contributed by atoms with E-state index in [-0.39, 0.29) is 39.5 Å². The molecular weight excluding hydrogens is 214 g/mol. The lowest BCUT2D eigenvalue weighted by molar-refractivity contribution is -1.08. The van der Waals surface area contributed by atoms with Crippen molar-refractivity contribution in [3.8, 4) is 0 Å². The molecule has 4 N–H and O–H groups in total. The molecule has 0 saturated carbocycles. The van der Waals surface area contributed by atoms with Crippen molar-refractivity contribution in [2.75, 3.05) is 39.5 Å². The summed E-state index contributed by atoms with van der Waals surface area (Å²) < 4.78 is 23.2. The van der Waals surface area contributed by atoms with Crippen LogP contribution in [0.1, 0.15) is 0 Å². The van der Waals surface area contributed by atoms with Crippen LogP contribution in [0.3, 0.4) is 0 Å². The van der Waals surface area contributed by atoms with Crippen LogP contribution >= 0.6 is 0 Å². The summed E-state index contributed by atoms with van der Waals surface area (Å²) in [6, 6.07) is 0. The van der Waals surface area contributed by atoms with E-state index in [1.54, 1.807) is 0 Å². The van der Waals surface area contributed by atoms with Crippen LogP contribution in [0.25, 0.3) is 0 Å². The SMILES string of the molecule is O=S(O)O[N+](CCO)(CCO)CCO. The summed E-state index contributed by atoms with van der Waals surface area (Å²) in [6.45, 7) is -0.695. The van der Waals surface area contributed by atoms with Crippen LogP contribution in [0, 0.1) is 0 Å². The smallest absolute Gasteiger partial charge is 0.354 e. The zero-order chi connectivity index (χ0) is 11.0. The van der Waals surface area contributed by atoms with Crippen LogP contribution in [0.2, 0.25) is 0 Å². The van der Waals surface area contributed by atoms with E-state index in [4.69, 9.17) is 19.9 Å². The number of rotatable bonds is 8. The van der Waals surface area contributed by atoms with Gasteiger partial charge < -0.3 is 15.3 Å². The molecule has 0 fully saturated rings. The molecular formula is C6H16NO6S+. The summed E-state index contributed by atoms with van der Waals surface area (Å²) in [5, 5.41) is 26.2. The fraction of sp³-hybridized carbons (Fsp3) is 1.00. The zero-order valence-electron chi connectivity index (χ0n) is 7.70. The Bertz CT molecular complexity index is 161. The van der Waals surface area contributed by atoms with Gasteiger partial charge in [-0.25, -0.2) is 0 Å².